The highest BCUT2D eigenvalue weighted by molar-refractivity contribution is 5.95. The van der Waals surface area contributed by atoms with Crippen LogP contribution in [0.2, 0.25) is 0 Å². The van der Waals surface area contributed by atoms with Crippen molar-refractivity contribution in [2.45, 2.75) is 32.6 Å². The lowest BCUT2D eigenvalue weighted by atomic mass is 9.89. The first-order valence-corrected chi connectivity index (χ1v) is 11.7. The smallest absolute Gasteiger partial charge is 0.151 e. The normalized spacial score (nSPS) is 16.6. The molecule has 32 heavy (non-hydrogen) atoms. The van der Waals surface area contributed by atoms with Gasteiger partial charge in [0.05, 0.1) is 12.2 Å². The van der Waals surface area contributed by atoms with E-state index in [0.717, 1.165) is 49.2 Å². The maximum absolute atomic E-state index is 12.9. The second-order valence-corrected chi connectivity index (χ2v) is 9.20. The minimum absolute atomic E-state index is 0.299. The van der Waals surface area contributed by atoms with Crippen LogP contribution in [-0.4, -0.2) is 36.0 Å². The quantitative estimate of drug-likeness (QED) is 0.502. The fourth-order valence-corrected chi connectivity index (χ4v) is 5.07. The maximum Gasteiger partial charge on any atom is 0.151 e. The van der Waals surface area contributed by atoms with Crippen molar-refractivity contribution in [2.24, 2.45) is 10.9 Å². The van der Waals surface area contributed by atoms with Gasteiger partial charge in [0.1, 0.15) is 0 Å². The Balaban J connectivity index is 1.17. The Bertz CT molecular complexity index is 1140. The zero-order chi connectivity index (χ0) is 21.9. The van der Waals surface area contributed by atoms with Crippen LogP contribution in [-0.2, 0) is 17.6 Å². The zero-order valence-electron chi connectivity index (χ0n) is 18.8. The first-order valence-electron chi connectivity index (χ1n) is 11.7. The van der Waals surface area contributed by atoms with E-state index in [2.05, 4.69) is 54.3 Å². The van der Waals surface area contributed by atoms with Gasteiger partial charge in [-0.25, -0.2) is 0 Å². The number of ketones is 1. The molecule has 3 heteroatoms. The van der Waals surface area contributed by atoms with E-state index in [4.69, 9.17) is 4.99 Å². The molecule has 0 aromatic heterocycles. The van der Waals surface area contributed by atoms with E-state index in [0.29, 0.717) is 24.7 Å². The van der Waals surface area contributed by atoms with Gasteiger partial charge in [-0.1, -0.05) is 66.7 Å². The number of aryl methyl sites for hydroxylation is 1. The van der Waals surface area contributed by atoms with Crippen LogP contribution >= 0.6 is 0 Å². The van der Waals surface area contributed by atoms with E-state index in [-0.39, 0.29) is 0 Å². The molecule has 0 aliphatic carbocycles. The Labute approximate surface area is 190 Å². The maximum atomic E-state index is 12.9. The molecule has 0 N–H and O–H groups in total. The number of likely N-dealkylation sites (tertiary alicyclic amines) is 1. The van der Waals surface area contributed by atoms with Crippen LogP contribution in [0.4, 0.5) is 5.69 Å². The highest BCUT2D eigenvalue weighted by atomic mass is 16.1. The number of piperidine rings is 1. The van der Waals surface area contributed by atoms with Gasteiger partial charge in [0.25, 0.3) is 0 Å². The second kappa shape index (κ2) is 9.22. The predicted octanol–water partition coefficient (Wildman–Crippen LogP) is 5.81. The molecule has 2 aliphatic rings. The van der Waals surface area contributed by atoms with Crippen LogP contribution in [0.25, 0.3) is 11.1 Å². The predicted molar refractivity (Wildman–Crippen MR) is 132 cm³/mol. The molecule has 0 bridgehead atoms. The van der Waals surface area contributed by atoms with Gasteiger partial charge in [-0.2, -0.15) is 0 Å². The van der Waals surface area contributed by atoms with Crippen LogP contribution in [0.1, 0.15) is 29.5 Å². The molecule has 0 spiro atoms. The van der Waals surface area contributed by atoms with Crippen molar-refractivity contribution in [3.05, 3.63) is 89.5 Å². The van der Waals surface area contributed by atoms with E-state index in [1.165, 1.54) is 22.4 Å². The van der Waals surface area contributed by atoms with Crippen LogP contribution in [0.3, 0.4) is 0 Å². The van der Waals surface area contributed by atoms with Crippen molar-refractivity contribution < 1.29 is 4.79 Å². The summed E-state index contributed by atoms with van der Waals surface area (Å²) in [4.78, 5) is 20.2. The number of carbonyl (C=O) groups is 1. The highest BCUT2D eigenvalue weighted by Gasteiger charge is 2.27. The van der Waals surface area contributed by atoms with Gasteiger partial charge < -0.3 is 0 Å². The van der Waals surface area contributed by atoms with Gasteiger partial charge in [-0.15, -0.1) is 0 Å². The molecular weight excluding hydrogens is 392 g/mol. The fraction of sp³-hybridized carbons (Fsp3) is 0.310. The van der Waals surface area contributed by atoms with E-state index < -0.39 is 0 Å². The van der Waals surface area contributed by atoms with Gasteiger partial charge in [0.15, 0.2) is 5.78 Å². The molecule has 0 radical (unpaired) electrons. The van der Waals surface area contributed by atoms with Crippen LogP contribution in [0.15, 0.2) is 77.8 Å². The molecule has 1 fully saturated rings. The molecule has 0 unspecified atom stereocenters. The van der Waals surface area contributed by atoms with Crippen molar-refractivity contribution in [2.75, 3.05) is 19.6 Å². The Morgan fingerprint density at radius 1 is 0.969 bits per heavy atom. The number of Topliss-reactive ketones (excluding diaryl/α,β-unsaturated/α-hetero) is 1. The molecule has 0 atom stereocenters. The lowest BCUT2D eigenvalue weighted by Gasteiger charge is -2.31. The average molecular weight is 423 g/mol. The van der Waals surface area contributed by atoms with Gasteiger partial charge >= 0.3 is 0 Å². The Morgan fingerprint density at radius 2 is 1.72 bits per heavy atom. The zero-order valence-corrected chi connectivity index (χ0v) is 18.8. The topological polar surface area (TPSA) is 32.7 Å². The van der Waals surface area contributed by atoms with Gasteiger partial charge in [0.2, 0.25) is 0 Å². The molecule has 3 aromatic carbocycles. The Morgan fingerprint density at radius 3 is 2.53 bits per heavy atom. The second-order valence-electron chi connectivity index (χ2n) is 9.20. The molecule has 3 aromatic rings. The number of aliphatic imine (C=N–C) groups is 1. The SMILES string of the molecule is Cc1ccc2c(c1)N=C(C1CCN(CC(=O)Cc3ccccc3-c3ccccc3)CC1)C2. The van der Waals surface area contributed by atoms with E-state index >= 15 is 0 Å². The van der Waals surface area contributed by atoms with E-state index in [1.807, 2.05) is 30.3 Å². The standard InChI is InChI=1S/C29H30N2O/c1-21-11-12-25-19-29(30-28(25)17-21)23-13-15-31(16-14-23)20-26(32)18-24-9-5-6-10-27(24)22-7-3-2-4-8-22/h2-12,17,23H,13-16,18-20H2,1H3. The number of hydrogen-bond acceptors (Lipinski definition) is 3. The minimum Gasteiger partial charge on any atom is -0.298 e. The van der Waals surface area contributed by atoms with Crippen LogP contribution in [0, 0.1) is 12.8 Å². The number of rotatable bonds is 6. The molecule has 0 amide bonds. The molecule has 0 saturated carbocycles. The number of nitrogens with zero attached hydrogens (tertiary/aromatic N) is 2. The van der Waals surface area contributed by atoms with E-state index in [1.54, 1.807) is 0 Å². The number of carbonyl (C=O) groups excluding carboxylic acids is 1. The summed E-state index contributed by atoms with van der Waals surface area (Å²) in [6, 6.07) is 25.2. The van der Waals surface area contributed by atoms with Crippen molar-refractivity contribution >= 4 is 17.2 Å². The van der Waals surface area contributed by atoms with Crippen molar-refractivity contribution in [3.8, 4) is 11.1 Å². The van der Waals surface area contributed by atoms with Crippen LogP contribution < -0.4 is 0 Å². The molecule has 162 valence electrons. The molecule has 5 rings (SSSR count). The summed E-state index contributed by atoms with van der Waals surface area (Å²) < 4.78 is 0. The first kappa shape index (κ1) is 20.8. The summed E-state index contributed by atoms with van der Waals surface area (Å²) in [6.07, 6.45) is 3.68. The Hall–Kier alpha value is -3.04. The summed E-state index contributed by atoms with van der Waals surface area (Å²) in [5, 5.41) is 0. The molecule has 1 saturated heterocycles. The van der Waals surface area contributed by atoms with Gasteiger partial charge in [-0.05, 0) is 66.7 Å². The van der Waals surface area contributed by atoms with E-state index in [9.17, 15) is 4.79 Å². The molecule has 3 nitrogen and oxygen atoms in total. The summed E-state index contributed by atoms with van der Waals surface area (Å²) >= 11 is 0. The lowest BCUT2D eigenvalue weighted by molar-refractivity contribution is -0.119. The number of benzene rings is 3. The summed E-state index contributed by atoms with van der Waals surface area (Å²) in [5.74, 6) is 0.848. The molecular formula is C29H30N2O. The van der Waals surface area contributed by atoms with Gasteiger partial charge in [0, 0.05) is 24.5 Å². The van der Waals surface area contributed by atoms with Crippen molar-refractivity contribution in [3.63, 3.8) is 0 Å². The van der Waals surface area contributed by atoms with Crippen molar-refractivity contribution in [1.82, 2.24) is 4.90 Å². The minimum atomic E-state index is 0.299. The molecule has 2 heterocycles. The third-order valence-corrected chi connectivity index (χ3v) is 6.82. The summed E-state index contributed by atoms with van der Waals surface area (Å²) in [7, 11) is 0. The third-order valence-electron chi connectivity index (χ3n) is 6.82. The number of fused-ring (bicyclic) bond motifs is 1. The van der Waals surface area contributed by atoms with Crippen LogP contribution in [0.5, 0.6) is 0 Å². The first-order chi connectivity index (χ1) is 15.7. The Kier molecular flexibility index (Phi) is 6.00. The largest absolute Gasteiger partial charge is 0.298 e. The summed E-state index contributed by atoms with van der Waals surface area (Å²) in [5.41, 5.74) is 8.59. The number of hydrogen-bond donors (Lipinski definition) is 0. The lowest BCUT2D eigenvalue weighted by Crippen LogP contribution is -2.39. The third kappa shape index (κ3) is 4.58. The fourth-order valence-electron chi connectivity index (χ4n) is 5.07. The summed E-state index contributed by atoms with van der Waals surface area (Å²) in [6.45, 7) is 4.62. The monoisotopic (exact) mass is 422 g/mol. The highest BCUT2D eigenvalue weighted by Crippen LogP contribution is 2.33. The molecule has 2 aliphatic heterocycles. The van der Waals surface area contributed by atoms with Gasteiger partial charge in [-0.3, -0.25) is 14.7 Å². The average Bonchev–Trinajstić information content (AvgIpc) is 3.23. The van der Waals surface area contributed by atoms with Crippen molar-refractivity contribution in [1.29, 1.82) is 0 Å².